The molecule has 2 unspecified atom stereocenters. The summed E-state index contributed by atoms with van der Waals surface area (Å²) >= 11 is 11.2. The highest BCUT2D eigenvalue weighted by Crippen LogP contribution is 2.34. The van der Waals surface area contributed by atoms with E-state index in [-0.39, 0.29) is 0 Å². The Labute approximate surface area is 104 Å². The molecule has 4 heteroatoms. The minimum absolute atomic E-state index is 0.721. The lowest BCUT2D eigenvalue weighted by Crippen LogP contribution is -2.13. The Kier molecular flexibility index (Phi) is 3.79. The van der Waals surface area contributed by atoms with Gasteiger partial charge < -0.3 is 0 Å². The average Bonchev–Trinajstić information content (AvgIpc) is 2.64. The second-order valence-corrected chi connectivity index (χ2v) is 8.02. The van der Waals surface area contributed by atoms with E-state index >= 15 is 0 Å². The van der Waals surface area contributed by atoms with Crippen molar-refractivity contribution in [2.45, 2.75) is 11.2 Å². The van der Waals surface area contributed by atoms with E-state index in [1.807, 2.05) is 11.3 Å². The van der Waals surface area contributed by atoms with Gasteiger partial charge in [0.05, 0.1) is 3.79 Å². The lowest BCUT2D eigenvalue weighted by Gasteiger charge is -2.10. The minimum Gasteiger partial charge on any atom is -0.160 e. The Bertz CT molecular complexity index is 285. The van der Waals surface area contributed by atoms with Gasteiger partial charge in [-0.05, 0) is 46.2 Å². The zero-order chi connectivity index (χ0) is 9.26. The van der Waals surface area contributed by atoms with E-state index in [0.29, 0.717) is 0 Å². The molecule has 0 spiro atoms. The maximum atomic E-state index is 3.74. The Morgan fingerprint density at radius 3 is 2.77 bits per heavy atom. The first-order chi connectivity index (χ1) is 6.25. The van der Waals surface area contributed by atoms with Crippen LogP contribution in [0.25, 0.3) is 0 Å². The Morgan fingerprint density at radius 2 is 2.23 bits per heavy atom. The van der Waals surface area contributed by atoms with Crippen LogP contribution in [-0.2, 0) is 6.42 Å². The monoisotopic (exact) mass is 340 g/mol. The normalized spacial score (nSPS) is 28.2. The molecule has 2 rings (SSSR count). The topological polar surface area (TPSA) is 0 Å². The van der Waals surface area contributed by atoms with Gasteiger partial charge in [-0.1, -0.05) is 15.9 Å². The summed E-state index contributed by atoms with van der Waals surface area (Å²) < 4.78 is 1.25. The standard InChI is InChI=1S/C9H10Br2S2/c10-8-5-12-4-6(8)3-7-1-2-9(11)13-7/h1-2,6,8H,3-5H2. The van der Waals surface area contributed by atoms with Crippen LogP contribution in [0.2, 0.25) is 0 Å². The zero-order valence-corrected chi connectivity index (χ0v) is 11.8. The van der Waals surface area contributed by atoms with Gasteiger partial charge in [-0.2, -0.15) is 11.8 Å². The van der Waals surface area contributed by atoms with Gasteiger partial charge in [0.15, 0.2) is 0 Å². The molecule has 2 atom stereocenters. The molecule has 1 aliphatic rings. The van der Waals surface area contributed by atoms with Crippen LogP contribution in [0.5, 0.6) is 0 Å². The summed E-state index contributed by atoms with van der Waals surface area (Å²) in [5.74, 6) is 3.42. The fourth-order valence-corrected chi connectivity index (χ4v) is 5.52. The number of alkyl halides is 1. The zero-order valence-electron chi connectivity index (χ0n) is 7.00. The molecule has 0 radical (unpaired) electrons. The van der Waals surface area contributed by atoms with E-state index in [1.54, 1.807) is 0 Å². The third-order valence-electron chi connectivity index (χ3n) is 2.21. The van der Waals surface area contributed by atoms with E-state index in [2.05, 4.69) is 55.8 Å². The highest BCUT2D eigenvalue weighted by Gasteiger charge is 2.25. The van der Waals surface area contributed by atoms with E-state index in [1.165, 1.54) is 26.6 Å². The van der Waals surface area contributed by atoms with Crippen molar-refractivity contribution >= 4 is 55.0 Å². The molecular formula is C9H10Br2S2. The first-order valence-electron chi connectivity index (χ1n) is 4.22. The lowest BCUT2D eigenvalue weighted by atomic mass is 10.0. The van der Waals surface area contributed by atoms with Crippen molar-refractivity contribution in [3.63, 3.8) is 0 Å². The fourth-order valence-electron chi connectivity index (χ4n) is 1.48. The molecule has 0 amide bonds. The third kappa shape index (κ3) is 2.74. The van der Waals surface area contributed by atoms with Gasteiger partial charge in [0.2, 0.25) is 0 Å². The predicted octanol–water partition coefficient (Wildman–Crippen LogP) is 4.18. The SMILES string of the molecule is Brc1ccc(CC2CSCC2Br)s1. The van der Waals surface area contributed by atoms with Crippen molar-refractivity contribution in [2.75, 3.05) is 11.5 Å². The molecular weight excluding hydrogens is 332 g/mol. The second-order valence-electron chi connectivity index (χ2n) is 3.22. The molecule has 0 N–H and O–H groups in total. The second kappa shape index (κ2) is 4.69. The number of halogens is 2. The van der Waals surface area contributed by atoms with Crippen LogP contribution in [-0.4, -0.2) is 16.3 Å². The maximum absolute atomic E-state index is 3.74. The van der Waals surface area contributed by atoms with Crippen LogP contribution in [0.15, 0.2) is 15.9 Å². The number of rotatable bonds is 2. The summed E-state index contributed by atoms with van der Waals surface area (Å²) in [5, 5.41) is 0. The van der Waals surface area contributed by atoms with Crippen LogP contribution < -0.4 is 0 Å². The van der Waals surface area contributed by atoms with Gasteiger partial charge in [0, 0.05) is 15.5 Å². The van der Waals surface area contributed by atoms with Gasteiger partial charge in [-0.15, -0.1) is 11.3 Å². The van der Waals surface area contributed by atoms with Crippen LogP contribution in [0.3, 0.4) is 0 Å². The van der Waals surface area contributed by atoms with Crippen LogP contribution in [0, 0.1) is 5.92 Å². The molecule has 1 aromatic rings. The van der Waals surface area contributed by atoms with Crippen LogP contribution in [0.4, 0.5) is 0 Å². The first kappa shape index (κ1) is 10.5. The summed E-state index contributed by atoms with van der Waals surface area (Å²) in [4.78, 5) is 2.22. The lowest BCUT2D eigenvalue weighted by molar-refractivity contribution is 0.622. The van der Waals surface area contributed by atoms with Gasteiger partial charge >= 0.3 is 0 Å². The molecule has 1 aliphatic heterocycles. The summed E-state index contributed by atoms with van der Waals surface area (Å²) in [7, 11) is 0. The van der Waals surface area contributed by atoms with Crippen LogP contribution in [0.1, 0.15) is 4.88 Å². The summed E-state index contributed by atoms with van der Waals surface area (Å²) in [5.41, 5.74) is 0. The number of thioether (sulfide) groups is 1. The largest absolute Gasteiger partial charge is 0.160 e. The highest BCUT2D eigenvalue weighted by atomic mass is 79.9. The van der Waals surface area contributed by atoms with Crippen LogP contribution >= 0.6 is 55.0 Å². The maximum Gasteiger partial charge on any atom is 0.0701 e. The quantitative estimate of drug-likeness (QED) is 0.727. The van der Waals surface area contributed by atoms with Gasteiger partial charge in [0.1, 0.15) is 0 Å². The van der Waals surface area contributed by atoms with E-state index < -0.39 is 0 Å². The van der Waals surface area contributed by atoms with Crippen molar-refractivity contribution < 1.29 is 0 Å². The van der Waals surface area contributed by atoms with Crippen molar-refractivity contribution in [3.05, 3.63) is 20.8 Å². The molecule has 1 aromatic heterocycles. The number of hydrogen-bond donors (Lipinski definition) is 0. The smallest absolute Gasteiger partial charge is 0.0701 e. The molecule has 1 fully saturated rings. The van der Waals surface area contributed by atoms with Gasteiger partial charge in [-0.25, -0.2) is 0 Å². The Hall–Kier alpha value is 1.01. The predicted molar refractivity (Wildman–Crippen MR) is 69.3 cm³/mol. The molecule has 1 saturated heterocycles. The average molecular weight is 342 g/mol. The summed E-state index contributed by atoms with van der Waals surface area (Å²) in [6.07, 6.45) is 1.24. The molecule has 0 saturated carbocycles. The number of hydrogen-bond acceptors (Lipinski definition) is 2. The molecule has 2 heterocycles. The van der Waals surface area contributed by atoms with Crippen molar-refractivity contribution in [1.29, 1.82) is 0 Å². The highest BCUT2D eigenvalue weighted by molar-refractivity contribution is 9.11. The van der Waals surface area contributed by atoms with E-state index in [9.17, 15) is 0 Å². The van der Waals surface area contributed by atoms with Crippen molar-refractivity contribution in [2.24, 2.45) is 5.92 Å². The molecule has 0 aromatic carbocycles. The number of thiophene rings is 1. The summed E-state index contributed by atoms with van der Waals surface area (Å²) in [6, 6.07) is 4.38. The molecule has 72 valence electrons. The molecule has 0 nitrogen and oxygen atoms in total. The summed E-state index contributed by atoms with van der Waals surface area (Å²) in [6.45, 7) is 0. The molecule has 0 bridgehead atoms. The van der Waals surface area contributed by atoms with E-state index in [4.69, 9.17) is 0 Å². The van der Waals surface area contributed by atoms with Gasteiger partial charge in [-0.3, -0.25) is 0 Å². The molecule has 0 aliphatic carbocycles. The van der Waals surface area contributed by atoms with Crippen molar-refractivity contribution in [1.82, 2.24) is 0 Å². The Morgan fingerprint density at radius 1 is 1.38 bits per heavy atom. The van der Waals surface area contributed by atoms with Gasteiger partial charge in [0.25, 0.3) is 0 Å². The fraction of sp³-hybridized carbons (Fsp3) is 0.556. The first-order valence-corrected chi connectivity index (χ1v) is 7.89. The Balaban J connectivity index is 1.97. The molecule has 13 heavy (non-hydrogen) atoms. The van der Waals surface area contributed by atoms with E-state index in [0.717, 1.165) is 10.7 Å². The van der Waals surface area contributed by atoms with Crippen molar-refractivity contribution in [3.8, 4) is 0 Å². The third-order valence-corrected chi connectivity index (χ3v) is 6.62. The minimum atomic E-state index is 0.721.